The number of nitrogens with one attached hydrogen (secondary N) is 1. The van der Waals surface area contributed by atoms with Crippen molar-refractivity contribution in [2.75, 3.05) is 13.2 Å². The van der Waals surface area contributed by atoms with Crippen LogP contribution in [0.3, 0.4) is 0 Å². The Kier molecular flexibility index (Phi) is 13.3. The van der Waals surface area contributed by atoms with Crippen molar-refractivity contribution in [2.45, 2.75) is 62.2 Å². The van der Waals surface area contributed by atoms with E-state index in [9.17, 15) is 94.6 Å². The molecule has 0 saturated carbocycles. The number of rotatable bonds is 11. The zero-order chi connectivity index (χ0) is 35.9. The van der Waals surface area contributed by atoms with Crippen LogP contribution < -0.4 is 5.32 Å². The highest BCUT2D eigenvalue weighted by molar-refractivity contribution is 5.79. The van der Waals surface area contributed by atoms with Crippen molar-refractivity contribution in [1.29, 1.82) is 0 Å². The molecule has 4 unspecified atom stereocenters. The summed E-state index contributed by atoms with van der Waals surface area (Å²) in [4.78, 5) is 68.0. The first-order valence-corrected chi connectivity index (χ1v) is 10.5. The number of esters is 5. The first-order chi connectivity index (χ1) is 19.9. The van der Waals surface area contributed by atoms with Gasteiger partial charge < -0.3 is 29.0 Å². The second-order valence-electron chi connectivity index (χ2n) is 7.68. The normalized spacial score (nSPS) is 15.5. The summed E-state index contributed by atoms with van der Waals surface area (Å²) in [6, 6.07) is -3.16. The summed E-state index contributed by atoms with van der Waals surface area (Å²) in [6.07, 6.45) is -42.7. The fourth-order valence-corrected chi connectivity index (χ4v) is 2.48. The summed E-state index contributed by atoms with van der Waals surface area (Å²) in [5.41, 5.74) is 0. The van der Waals surface area contributed by atoms with Crippen LogP contribution in [0.25, 0.3) is 0 Å². The molecule has 45 heavy (non-hydrogen) atoms. The van der Waals surface area contributed by atoms with Crippen LogP contribution >= 0.6 is 0 Å². The summed E-state index contributed by atoms with van der Waals surface area (Å²) in [5, 5.41) is 1.21. The minimum Gasteiger partial charge on any atom is -0.457 e. The van der Waals surface area contributed by atoms with Crippen LogP contribution in [0.1, 0.15) is 6.92 Å². The van der Waals surface area contributed by atoms with Crippen molar-refractivity contribution < 1.29 is 118 Å². The van der Waals surface area contributed by atoms with E-state index < -0.39 is 104 Å². The van der Waals surface area contributed by atoms with E-state index in [2.05, 4.69) is 23.7 Å². The van der Waals surface area contributed by atoms with Crippen LogP contribution in [-0.4, -0.2) is 104 Å². The fourth-order valence-electron chi connectivity index (χ4n) is 2.48. The lowest BCUT2D eigenvalue weighted by Gasteiger charge is -2.36. The van der Waals surface area contributed by atoms with Crippen molar-refractivity contribution >= 4 is 35.8 Å². The summed E-state index contributed by atoms with van der Waals surface area (Å²) >= 11 is 0. The number of carbonyl (C=O) groups is 6. The predicted molar refractivity (Wildman–Crippen MR) is 99.4 cm³/mol. The molecule has 0 aliphatic rings. The Morgan fingerprint density at radius 1 is 0.489 bits per heavy atom. The van der Waals surface area contributed by atoms with Gasteiger partial charge in [-0.3, -0.25) is 4.79 Å². The quantitative estimate of drug-likeness (QED) is 0.191. The molecule has 0 aliphatic carbocycles. The second kappa shape index (κ2) is 14.7. The lowest BCUT2D eigenvalue weighted by Crippen LogP contribution is -2.60. The molecule has 0 heterocycles. The van der Waals surface area contributed by atoms with Gasteiger partial charge in [0.15, 0.2) is 18.3 Å². The molecule has 27 heteroatoms. The van der Waals surface area contributed by atoms with Crippen molar-refractivity contribution in [1.82, 2.24) is 5.32 Å². The zero-order valence-corrected chi connectivity index (χ0v) is 20.9. The van der Waals surface area contributed by atoms with Gasteiger partial charge in [-0.05, 0) is 0 Å². The van der Waals surface area contributed by atoms with E-state index in [1.165, 1.54) is 5.32 Å². The molecular formula is C18H12F15NO11. The van der Waals surface area contributed by atoms with Crippen molar-refractivity contribution in [2.24, 2.45) is 0 Å². The second-order valence-corrected chi connectivity index (χ2v) is 7.68. The maximum absolute atomic E-state index is 13.0. The van der Waals surface area contributed by atoms with Gasteiger partial charge in [-0.2, -0.15) is 65.9 Å². The third-order valence-electron chi connectivity index (χ3n) is 4.15. The van der Waals surface area contributed by atoms with Crippen LogP contribution in [0.2, 0.25) is 0 Å². The van der Waals surface area contributed by atoms with Gasteiger partial charge in [0.25, 0.3) is 0 Å². The number of halogens is 15. The minimum atomic E-state index is -6.36. The number of carbonyl (C=O) groups excluding carboxylic acids is 6. The van der Waals surface area contributed by atoms with Crippen LogP contribution in [0.5, 0.6) is 0 Å². The predicted octanol–water partition coefficient (Wildman–Crippen LogP) is 2.12. The molecule has 0 saturated heterocycles. The Morgan fingerprint density at radius 3 is 1.13 bits per heavy atom. The Hall–Kier alpha value is -4.23. The molecule has 1 amide bonds. The van der Waals surface area contributed by atoms with Crippen molar-refractivity contribution in [3.63, 3.8) is 0 Å². The number of hydrogen-bond donors (Lipinski definition) is 1. The molecule has 0 bridgehead atoms. The SMILES string of the molecule is CC(=O)NC(COC(=O)C(F)(F)F)C(OC(=O)C(F)(F)F)C(OC(=O)C(F)(F)F)C(COC(=O)C(F)(F)F)OC(=O)C(F)(F)F. The van der Waals surface area contributed by atoms with Crippen LogP contribution in [0.15, 0.2) is 0 Å². The number of hydrogen-bond acceptors (Lipinski definition) is 11. The molecule has 0 aliphatic heterocycles. The van der Waals surface area contributed by atoms with E-state index in [1.807, 2.05) is 0 Å². The highest BCUT2D eigenvalue weighted by Gasteiger charge is 2.54. The van der Waals surface area contributed by atoms with Crippen LogP contribution in [-0.2, 0) is 52.5 Å². The summed E-state index contributed by atoms with van der Waals surface area (Å²) in [6.45, 7) is -4.59. The van der Waals surface area contributed by atoms with Gasteiger partial charge in [0.1, 0.15) is 19.3 Å². The minimum absolute atomic E-state index is 0.310. The average molecular weight is 703 g/mol. The summed E-state index contributed by atoms with van der Waals surface area (Å²) < 4.78 is 209. The van der Waals surface area contributed by atoms with Gasteiger partial charge in [0, 0.05) is 6.92 Å². The summed E-state index contributed by atoms with van der Waals surface area (Å²) in [5.74, 6) is -19.5. The fraction of sp³-hybridized carbons (Fsp3) is 0.667. The molecule has 0 aromatic carbocycles. The van der Waals surface area contributed by atoms with E-state index in [-0.39, 0.29) is 0 Å². The molecule has 1 N–H and O–H groups in total. The molecule has 12 nitrogen and oxygen atoms in total. The Bertz CT molecular complexity index is 1110. The monoisotopic (exact) mass is 703 g/mol. The van der Waals surface area contributed by atoms with Crippen LogP contribution in [0.4, 0.5) is 65.9 Å². The number of ether oxygens (including phenoxy) is 5. The molecule has 0 aromatic rings. The first-order valence-electron chi connectivity index (χ1n) is 10.5. The molecular weight excluding hydrogens is 691 g/mol. The molecule has 0 aromatic heterocycles. The molecule has 4 atom stereocenters. The van der Waals surface area contributed by atoms with Gasteiger partial charge in [0.2, 0.25) is 5.91 Å². The zero-order valence-electron chi connectivity index (χ0n) is 20.9. The van der Waals surface area contributed by atoms with E-state index in [1.54, 1.807) is 0 Å². The van der Waals surface area contributed by atoms with E-state index >= 15 is 0 Å². The average Bonchev–Trinajstić information content (AvgIpc) is 2.82. The Balaban J connectivity index is 7.43. The standard InChI is InChI=1S/C18H12F15NO11/c1-4(35)34-5(2-41-9(36)14(19,20)21)7(44-12(39)17(28,29)30)8(45-13(40)18(31,32)33)6(43-11(38)16(25,26)27)3-42-10(37)15(22,23)24/h5-8H,2-3H2,1H3,(H,34,35). The summed E-state index contributed by atoms with van der Waals surface area (Å²) in [7, 11) is 0. The highest BCUT2D eigenvalue weighted by Crippen LogP contribution is 2.29. The van der Waals surface area contributed by atoms with Crippen molar-refractivity contribution in [3.05, 3.63) is 0 Å². The van der Waals surface area contributed by atoms with Crippen molar-refractivity contribution in [3.8, 4) is 0 Å². The maximum atomic E-state index is 13.0. The number of amides is 1. The smallest absolute Gasteiger partial charge is 0.457 e. The van der Waals surface area contributed by atoms with E-state index in [0.717, 1.165) is 0 Å². The highest BCUT2D eigenvalue weighted by atomic mass is 19.4. The maximum Gasteiger partial charge on any atom is 0.490 e. The van der Waals surface area contributed by atoms with E-state index in [0.29, 0.717) is 6.92 Å². The lowest BCUT2D eigenvalue weighted by atomic mass is 10.00. The van der Waals surface area contributed by atoms with Gasteiger partial charge in [-0.1, -0.05) is 0 Å². The van der Waals surface area contributed by atoms with Crippen LogP contribution in [0, 0.1) is 0 Å². The third kappa shape index (κ3) is 14.0. The van der Waals surface area contributed by atoms with Gasteiger partial charge >= 0.3 is 60.7 Å². The van der Waals surface area contributed by atoms with Gasteiger partial charge in [0.05, 0.1) is 0 Å². The molecule has 0 radical (unpaired) electrons. The van der Waals surface area contributed by atoms with E-state index in [4.69, 9.17) is 0 Å². The largest absolute Gasteiger partial charge is 0.490 e. The Labute approximate surface area is 236 Å². The van der Waals surface area contributed by atoms with Gasteiger partial charge in [-0.25, -0.2) is 24.0 Å². The molecule has 0 spiro atoms. The topological polar surface area (TPSA) is 161 Å². The lowest BCUT2D eigenvalue weighted by molar-refractivity contribution is -0.243. The molecule has 0 rings (SSSR count). The molecule has 260 valence electrons. The first kappa shape index (κ1) is 40.8. The number of alkyl halides is 15. The Morgan fingerprint density at radius 2 is 0.800 bits per heavy atom. The van der Waals surface area contributed by atoms with Gasteiger partial charge in [-0.15, -0.1) is 0 Å². The third-order valence-corrected chi connectivity index (χ3v) is 4.15. The molecule has 0 fully saturated rings.